The SMILES string of the molecule is COc1cc2c(O)cccc2cc1C(=O)O. The molecule has 2 N–H and O–H groups in total. The minimum atomic E-state index is -1.05. The molecule has 2 rings (SSSR count). The Balaban J connectivity index is 2.80. The molecule has 0 bridgehead atoms. The number of methoxy groups -OCH3 is 1. The van der Waals surface area contributed by atoms with Crippen LogP contribution in [0.25, 0.3) is 10.8 Å². The van der Waals surface area contributed by atoms with Gasteiger partial charge in [-0.25, -0.2) is 4.79 Å². The summed E-state index contributed by atoms with van der Waals surface area (Å²) in [6.45, 7) is 0. The number of hydrogen-bond donors (Lipinski definition) is 2. The van der Waals surface area contributed by atoms with Crippen molar-refractivity contribution in [3.05, 3.63) is 35.9 Å². The third-order valence-electron chi connectivity index (χ3n) is 2.41. The third-order valence-corrected chi connectivity index (χ3v) is 2.41. The number of carboxylic acids is 1. The Hall–Kier alpha value is -2.23. The van der Waals surface area contributed by atoms with Crippen molar-refractivity contribution in [1.29, 1.82) is 0 Å². The molecule has 0 aromatic heterocycles. The predicted octanol–water partition coefficient (Wildman–Crippen LogP) is 2.25. The average molecular weight is 218 g/mol. The fourth-order valence-electron chi connectivity index (χ4n) is 1.62. The molecule has 0 fully saturated rings. The zero-order valence-electron chi connectivity index (χ0n) is 8.60. The molecule has 0 spiro atoms. The molecule has 0 unspecified atom stereocenters. The van der Waals surface area contributed by atoms with Gasteiger partial charge in [-0.05, 0) is 23.6 Å². The van der Waals surface area contributed by atoms with Crippen LogP contribution in [0.5, 0.6) is 11.5 Å². The number of rotatable bonds is 2. The van der Waals surface area contributed by atoms with E-state index in [1.54, 1.807) is 18.2 Å². The first-order valence-electron chi connectivity index (χ1n) is 4.66. The standard InChI is InChI=1S/C12H10O4/c1-16-11-6-8-7(3-2-4-10(8)13)5-9(11)12(14)15/h2-6,13H,1H3,(H,14,15). The number of ether oxygens (including phenoxy) is 1. The average Bonchev–Trinajstić information content (AvgIpc) is 2.28. The first-order valence-corrected chi connectivity index (χ1v) is 4.66. The minimum Gasteiger partial charge on any atom is -0.507 e. The van der Waals surface area contributed by atoms with Crippen molar-refractivity contribution in [2.45, 2.75) is 0 Å². The number of aromatic carboxylic acids is 1. The third kappa shape index (κ3) is 1.54. The molecule has 2 aromatic carbocycles. The van der Waals surface area contributed by atoms with E-state index >= 15 is 0 Å². The van der Waals surface area contributed by atoms with E-state index in [2.05, 4.69) is 0 Å². The van der Waals surface area contributed by atoms with Gasteiger partial charge in [-0.2, -0.15) is 0 Å². The Morgan fingerprint density at radius 1 is 1.31 bits per heavy atom. The molecule has 0 radical (unpaired) electrons. The van der Waals surface area contributed by atoms with Gasteiger partial charge in [0.25, 0.3) is 0 Å². The van der Waals surface area contributed by atoms with Gasteiger partial charge in [0.05, 0.1) is 7.11 Å². The lowest BCUT2D eigenvalue weighted by atomic mass is 10.1. The van der Waals surface area contributed by atoms with E-state index < -0.39 is 5.97 Å². The lowest BCUT2D eigenvalue weighted by Crippen LogP contribution is -2.00. The van der Waals surface area contributed by atoms with E-state index in [0.717, 1.165) is 0 Å². The number of carbonyl (C=O) groups is 1. The first kappa shape index (κ1) is 10.3. The van der Waals surface area contributed by atoms with Crippen LogP contribution in [0.4, 0.5) is 0 Å². The maximum atomic E-state index is 11.0. The van der Waals surface area contributed by atoms with Crippen molar-refractivity contribution in [2.24, 2.45) is 0 Å². The number of aromatic hydroxyl groups is 1. The number of phenols is 1. The van der Waals surface area contributed by atoms with Gasteiger partial charge in [-0.3, -0.25) is 0 Å². The second-order valence-electron chi connectivity index (χ2n) is 3.36. The van der Waals surface area contributed by atoms with Gasteiger partial charge in [-0.1, -0.05) is 12.1 Å². The normalized spacial score (nSPS) is 10.3. The molecule has 4 nitrogen and oxygen atoms in total. The molecular weight excluding hydrogens is 208 g/mol. The summed E-state index contributed by atoms with van der Waals surface area (Å²) in [5, 5.41) is 19.8. The molecule has 2 aromatic rings. The molecule has 0 heterocycles. The number of benzene rings is 2. The van der Waals surface area contributed by atoms with Crippen molar-refractivity contribution in [3.8, 4) is 11.5 Å². The highest BCUT2D eigenvalue weighted by Gasteiger charge is 2.13. The molecule has 0 amide bonds. The summed E-state index contributed by atoms with van der Waals surface area (Å²) in [6.07, 6.45) is 0. The second-order valence-corrected chi connectivity index (χ2v) is 3.36. The fourth-order valence-corrected chi connectivity index (χ4v) is 1.62. The number of hydrogen-bond acceptors (Lipinski definition) is 3. The molecule has 0 aliphatic heterocycles. The van der Waals surface area contributed by atoms with Crippen molar-refractivity contribution < 1.29 is 19.7 Å². The van der Waals surface area contributed by atoms with Crippen LogP contribution >= 0.6 is 0 Å². The van der Waals surface area contributed by atoms with Gasteiger partial charge < -0.3 is 14.9 Å². The number of phenolic OH excluding ortho intramolecular Hbond substituents is 1. The molecule has 0 aliphatic carbocycles. The largest absolute Gasteiger partial charge is 0.507 e. The Kier molecular flexibility index (Phi) is 2.40. The maximum absolute atomic E-state index is 11.0. The zero-order chi connectivity index (χ0) is 11.7. The van der Waals surface area contributed by atoms with Crippen molar-refractivity contribution in [3.63, 3.8) is 0 Å². The van der Waals surface area contributed by atoms with Crippen molar-refractivity contribution >= 4 is 16.7 Å². The highest BCUT2D eigenvalue weighted by molar-refractivity contribution is 5.99. The highest BCUT2D eigenvalue weighted by Crippen LogP contribution is 2.31. The van der Waals surface area contributed by atoms with E-state index in [-0.39, 0.29) is 17.1 Å². The van der Waals surface area contributed by atoms with Gasteiger partial charge in [0.1, 0.15) is 17.1 Å². The van der Waals surface area contributed by atoms with Crippen LogP contribution < -0.4 is 4.74 Å². The van der Waals surface area contributed by atoms with Crippen LogP contribution in [0.1, 0.15) is 10.4 Å². The van der Waals surface area contributed by atoms with Gasteiger partial charge >= 0.3 is 5.97 Å². The van der Waals surface area contributed by atoms with Gasteiger partial charge in [0, 0.05) is 5.39 Å². The van der Waals surface area contributed by atoms with Gasteiger partial charge in [0.15, 0.2) is 0 Å². The molecule has 4 heteroatoms. The molecule has 82 valence electrons. The van der Waals surface area contributed by atoms with E-state index in [4.69, 9.17) is 9.84 Å². The number of carboxylic acid groups (broad SMARTS) is 1. The Morgan fingerprint density at radius 2 is 2.06 bits per heavy atom. The fraction of sp³-hybridized carbons (Fsp3) is 0.0833. The Morgan fingerprint density at radius 3 is 2.69 bits per heavy atom. The van der Waals surface area contributed by atoms with Crippen molar-refractivity contribution in [1.82, 2.24) is 0 Å². The summed E-state index contributed by atoms with van der Waals surface area (Å²) in [5.74, 6) is -0.712. The summed E-state index contributed by atoms with van der Waals surface area (Å²) in [5.41, 5.74) is 0.0839. The van der Waals surface area contributed by atoms with E-state index in [1.807, 2.05) is 0 Å². The van der Waals surface area contributed by atoms with Crippen LogP contribution in [0, 0.1) is 0 Å². The van der Waals surface area contributed by atoms with Gasteiger partial charge in [-0.15, -0.1) is 0 Å². The summed E-state index contributed by atoms with van der Waals surface area (Å²) in [6, 6.07) is 7.95. The summed E-state index contributed by atoms with van der Waals surface area (Å²) in [4.78, 5) is 11.0. The second kappa shape index (κ2) is 3.73. The molecule has 0 aliphatic rings. The summed E-state index contributed by atoms with van der Waals surface area (Å²) >= 11 is 0. The highest BCUT2D eigenvalue weighted by atomic mass is 16.5. The van der Waals surface area contributed by atoms with Gasteiger partial charge in [0.2, 0.25) is 0 Å². The monoisotopic (exact) mass is 218 g/mol. The lowest BCUT2D eigenvalue weighted by molar-refractivity contribution is 0.0693. The number of fused-ring (bicyclic) bond motifs is 1. The van der Waals surface area contributed by atoms with Crippen LogP contribution in [-0.4, -0.2) is 23.3 Å². The summed E-state index contributed by atoms with van der Waals surface area (Å²) in [7, 11) is 1.40. The van der Waals surface area contributed by atoms with Crippen molar-refractivity contribution in [2.75, 3.05) is 7.11 Å². The van der Waals surface area contributed by atoms with Crippen LogP contribution in [-0.2, 0) is 0 Å². The van der Waals surface area contributed by atoms with E-state index in [9.17, 15) is 9.90 Å². The van der Waals surface area contributed by atoms with E-state index in [0.29, 0.717) is 10.8 Å². The zero-order valence-corrected chi connectivity index (χ0v) is 8.60. The van der Waals surface area contributed by atoms with E-state index in [1.165, 1.54) is 19.2 Å². The lowest BCUT2D eigenvalue weighted by Gasteiger charge is -2.07. The molecule has 0 saturated heterocycles. The quantitative estimate of drug-likeness (QED) is 0.811. The molecule has 16 heavy (non-hydrogen) atoms. The van der Waals surface area contributed by atoms with Crippen LogP contribution in [0.3, 0.4) is 0 Å². The van der Waals surface area contributed by atoms with Crippen LogP contribution in [0.15, 0.2) is 30.3 Å². The molecule has 0 saturated carbocycles. The van der Waals surface area contributed by atoms with Crippen LogP contribution in [0.2, 0.25) is 0 Å². The summed E-state index contributed by atoms with van der Waals surface area (Å²) < 4.78 is 4.98. The molecular formula is C12H10O4. The maximum Gasteiger partial charge on any atom is 0.339 e. The minimum absolute atomic E-state index is 0.0839. The Labute approximate surface area is 91.7 Å². The smallest absolute Gasteiger partial charge is 0.339 e. The molecule has 0 atom stereocenters. The Bertz CT molecular complexity index is 560. The first-order chi connectivity index (χ1) is 7.63. The topological polar surface area (TPSA) is 66.8 Å². The predicted molar refractivity (Wildman–Crippen MR) is 59.1 cm³/mol.